The maximum absolute atomic E-state index is 12.7. The molecule has 0 saturated heterocycles. The number of amides is 1. The van der Waals surface area contributed by atoms with Crippen LogP contribution < -0.4 is 9.62 Å². The fourth-order valence-corrected chi connectivity index (χ4v) is 5.95. The van der Waals surface area contributed by atoms with E-state index in [1.165, 1.54) is 30.0 Å². The summed E-state index contributed by atoms with van der Waals surface area (Å²) < 4.78 is 26.0. The van der Waals surface area contributed by atoms with Crippen molar-refractivity contribution in [2.75, 3.05) is 22.9 Å². The van der Waals surface area contributed by atoms with Crippen LogP contribution in [0.25, 0.3) is 0 Å². The second-order valence-electron chi connectivity index (χ2n) is 6.98. The van der Waals surface area contributed by atoms with Gasteiger partial charge in [0.1, 0.15) is 6.04 Å². The van der Waals surface area contributed by atoms with Crippen LogP contribution in [0.15, 0.2) is 18.2 Å². The molecule has 5 nitrogen and oxygen atoms in total. The fourth-order valence-electron chi connectivity index (χ4n) is 3.35. The Morgan fingerprint density at radius 2 is 2.04 bits per heavy atom. The van der Waals surface area contributed by atoms with Gasteiger partial charge in [-0.05, 0) is 43.9 Å². The number of halogens is 1. The number of rotatable bonds is 9. The van der Waals surface area contributed by atoms with E-state index >= 15 is 0 Å². The average Bonchev–Trinajstić information content (AvgIpc) is 3.11. The van der Waals surface area contributed by atoms with E-state index in [0.29, 0.717) is 28.9 Å². The Hall–Kier alpha value is -0.920. The lowest BCUT2D eigenvalue weighted by atomic mass is 10.1. The molecule has 1 amide bonds. The highest BCUT2D eigenvalue weighted by Gasteiger charge is 2.31. The summed E-state index contributed by atoms with van der Waals surface area (Å²) in [7, 11) is -3.64. The van der Waals surface area contributed by atoms with Gasteiger partial charge in [0, 0.05) is 22.6 Å². The molecule has 1 atom stereocenters. The van der Waals surface area contributed by atoms with Gasteiger partial charge < -0.3 is 5.32 Å². The normalized spacial score (nSPS) is 16.3. The summed E-state index contributed by atoms with van der Waals surface area (Å²) in [4.78, 5) is 12.7. The number of aryl methyl sites for hydroxylation is 1. The minimum absolute atomic E-state index is 0.272. The van der Waals surface area contributed by atoms with Crippen molar-refractivity contribution in [3.63, 3.8) is 0 Å². The molecule has 1 unspecified atom stereocenters. The predicted octanol–water partition coefficient (Wildman–Crippen LogP) is 3.99. The van der Waals surface area contributed by atoms with E-state index in [4.69, 9.17) is 11.6 Å². The second-order valence-corrected chi connectivity index (χ2v) is 10.7. The molecule has 1 aromatic rings. The monoisotopic (exact) mass is 432 g/mol. The Balaban J connectivity index is 2.07. The Labute approximate surface area is 172 Å². The lowest BCUT2D eigenvalue weighted by Crippen LogP contribution is -2.49. The molecule has 1 N–H and O–H groups in total. The molecule has 1 aliphatic carbocycles. The number of thioether (sulfide) groups is 1. The molecule has 0 heterocycles. The van der Waals surface area contributed by atoms with Crippen LogP contribution in [0.2, 0.25) is 5.02 Å². The van der Waals surface area contributed by atoms with E-state index in [-0.39, 0.29) is 5.91 Å². The first kappa shape index (κ1) is 22.4. The van der Waals surface area contributed by atoms with Gasteiger partial charge in [-0.3, -0.25) is 9.10 Å². The Morgan fingerprint density at radius 1 is 1.37 bits per heavy atom. The zero-order valence-corrected chi connectivity index (χ0v) is 18.6. The first-order valence-corrected chi connectivity index (χ1v) is 12.7. The van der Waals surface area contributed by atoms with Gasteiger partial charge >= 0.3 is 0 Å². The zero-order valence-electron chi connectivity index (χ0n) is 16.2. The molecule has 1 aliphatic rings. The number of hydrogen-bond acceptors (Lipinski definition) is 4. The highest BCUT2D eigenvalue weighted by Crippen LogP contribution is 2.29. The summed E-state index contributed by atoms with van der Waals surface area (Å²) >= 11 is 8.07. The summed E-state index contributed by atoms with van der Waals surface area (Å²) in [5, 5.41) is 4.08. The van der Waals surface area contributed by atoms with Gasteiger partial charge in [-0.25, -0.2) is 8.42 Å². The first-order chi connectivity index (χ1) is 12.7. The number of benzene rings is 1. The molecule has 8 heteroatoms. The van der Waals surface area contributed by atoms with Crippen LogP contribution in [0.3, 0.4) is 0 Å². The number of nitrogens with one attached hydrogen (secondary N) is 1. The second kappa shape index (κ2) is 10.0. The van der Waals surface area contributed by atoms with Crippen LogP contribution in [0, 0.1) is 6.92 Å². The first-order valence-electron chi connectivity index (χ1n) is 9.39. The summed E-state index contributed by atoms with van der Waals surface area (Å²) in [6, 6.07) is 4.26. The predicted molar refractivity (Wildman–Crippen MR) is 115 cm³/mol. The zero-order chi connectivity index (χ0) is 20.0. The maximum Gasteiger partial charge on any atom is 0.243 e. The van der Waals surface area contributed by atoms with Gasteiger partial charge in [-0.15, -0.1) is 0 Å². The molecule has 2 rings (SSSR count). The third-order valence-electron chi connectivity index (χ3n) is 4.80. The lowest BCUT2D eigenvalue weighted by molar-refractivity contribution is -0.122. The fraction of sp³-hybridized carbons (Fsp3) is 0.632. The number of carbonyl (C=O) groups is 1. The van der Waals surface area contributed by atoms with Crippen LogP contribution in [0.1, 0.15) is 44.6 Å². The minimum Gasteiger partial charge on any atom is -0.353 e. The Morgan fingerprint density at radius 3 is 2.59 bits per heavy atom. The van der Waals surface area contributed by atoms with E-state index in [2.05, 4.69) is 5.32 Å². The number of hydrogen-bond donors (Lipinski definition) is 1. The van der Waals surface area contributed by atoms with E-state index in [1.807, 2.05) is 25.6 Å². The Kier molecular flexibility index (Phi) is 8.31. The van der Waals surface area contributed by atoms with Crippen LogP contribution in [0.4, 0.5) is 5.69 Å². The van der Waals surface area contributed by atoms with Gasteiger partial charge in [-0.1, -0.05) is 37.4 Å². The topological polar surface area (TPSA) is 66.5 Å². The van der Waals surface area contributed by atoms with Gasteiger partial charge in [0.05, 0.1) is 11.9 Å². The number of anilines is 1. The molecule has 27 heavy (non-hydrogen) atoms. The van der Waals surface area contributed by atoms with E-state index in [9.17, 15) is 13.2 Å². The van der Waals surface area contributed by atoms with Crippen molar-refractivity contribution in [3.05, 3.63) is 28.8 Å². The van der Waals surface area contributed by atoms with Crippen LogP contribution in [-0.2, 0) is 14.8 Å². The summed E-state index contributed by atoms with van der Waals surface area (Å²) in [5.74, 6) is 0.578. The Bertz CT molecular complexity index is 749. The molecule has 152 valence electrons. The SMILES string of the molecule is CCC(C(=O)NCCSC1CCCC1)N(c1ccc(C)c(Cl)c1)S(C)(=O)=O. The number of carbonyl (C=O) groups excluding carboxylic acids is 1. The van der Waals surface area contributed by atoms with Crippen LogP contribution in [0.5, 0.6) is 0 Å². The molecule has 0 aliphatic heterocycles. The van der Waals surface area contributed by atoms with Crippen molar-refractivity contribution < 1.29 is 13.2 Å². The standard InChI is InChI=1S/C19H29ClN2O3S2/c1-4-18(19(23)21-11-12-26-16-7-5-6-8-16)22(27(3,24)25)15-10-9-14(2)17(20)13-15/h9-10,13,16,18H,4-8,11-12H2,1-3H3,(H,21,23). The highest BCUT2D eigenvalue weighted by atomic mass is 35.5. The molecular weight excluding hydrogens is 404 g/mol. The van der Waals surface area contributed by atoms with E-state index in [0.717, 1.165) is 17.6 Å². The van der Waals surface area contributed by atoms with Crippen molar-refractivity contribution in [3.8, 4) is 0 Å². The maximum atomic E-state index is 12.7. The third-order valence-corrected chi connectivity index (χ3v) is 7.77. The molecular formula is C19H29ClN2O3S2. The van der Waals surface area contributed by atoms with Gasteiger partial charge in [0.15, 0.2) is 0 Å². The molecule has 1 fully saturated rings. The van der Waals surface area contributed by atoms with Crippen molar-refractivity contribution in [1.82, 2.24) is 5.32 Å². The molecule has 0 bridgehead atoms. The van der Waals surface area contributed by atoms with Gasteiger partial charge in [0.25, 0.3) is 0 Å². The molecule has 0 spiro atoms. The van der Waals surface area contributed by atoms with Crippen LogP contribution >= 0.6 is 23.4 Å². The van der Waals surface area contributed by atoms with E-state index < -0.39 is 16.1 Å². The molecule has 0 radical (unpaired) electrons. The number of nitrogens with zero attached hydrogens (tertiary/aromatic N) is 1. The highest BCUT2D eigenvalue weighted by molar-refractivity contribution is 7.99. The van der Waals surface area contributed by atoms with Crippen molar-refractivity contribution in [1.29, 1.82) is 0 Å². The summed E-state index contributed by atoms with van der Waals surface area (Å²) in [6.45, 7) is 4.21. The summed E-state index contributed by atoms with van der Waals surface area (Å²) in [5.41, 5.74) is 1.27. The minimum atomic E-state index is -3.64. The largest absolute Gasteiger partial charge is 0.353 e. The average molecular weight is 433 g/mol. The smallest absolute Gasteiger partial charge is 0.243 e. The molecule has 1 aromatic carbocycles. The number of sulfonamides is 1. The van der Waals surface area contributed by atoms with Crippen molar-refractivity contribution >= 4 is 45.0 Å². The summed E-state index contributed by atoms with van der Waals surface area (Å²) in [6.07, 6.45) is 6.60. The van der Waals surface area contributed by atoms with Gasteiger partial charge in [-0.2, -0.15) is 11.8 Å². The lowest BCUT2D eigenvalue weighted by Gasteiger charge is -2.30. The molecule has 0 aromatic heterocycles. The van der Waals surface area contributed by atoms with Gasteiger partial charge in [0.2, 0.25) is 15.9 Å². The van der Waals surface area contributed by atoms with Crippen LogP contribution in [-0.4, -0.2) is 44.2 Å². The van der Waals surface area contributed by atoms with E-state index in [1.54, 1.807) is 18.2 Å². The third kappa shape index (κ3) is 6.29. The molecule has 1 saturated carbocycles. The van der Waals surface area contributed by atoms with Crippen molar-refractivity contribution in [2.24, 2.45) is 0 Å². The van der Waals surface area contributed by atoms with Crippen molar-refractivity contribution in [2.45, 2.75) is 57.2 Å². The quantitative estimate of drug-likeness (QED) is 0.599.